The van der Waals surface area contributed by atoms with Crippen molar-refractivity contribution in [3.63, 3.8) is 0 Å². The van der Waals surface area contributed by atoms with Crippen LogP contribution >= 0.6 is 39.5 Å². The van der Waals surface area contributed by atoms with Gasteiger partial charge in [-0.05, 0) is 66.2 Å². The molecule has 0 atom stereocenters. The highest BCUT2D eigenvalue weighted by atomic mass is 79.9. The number of rotatable bonds is 4. The minimum Gasteiger partial charge on any atom is -0.440 e. The monoisotopic (exact) mass is 360 g/mol. The highest BCUT2D eigenvalue weighted by Crippen LogP contribution is 2.28. The Bertz CT molecular complexity index is 531. The molecule has 1 heterocycles. The fraction of sp³-hybridized carbons (Fsp3) is 0.231. The fourth-order valence-electron chi connectivity index (χ4n) is 1.54. The van der Waals surface area contributed by atoms with Gasteiger partial charge in [0.15, 0.2) is 0 Å². The zero-order valence-corrected chi connectivity index (χ0v) is 13.8. The minimum atomic E-state index is 0.657. The van der Waals surface area contributed by atoms with Crippen molar-refractivity contribution in [3.8, 4) is 5.75 Å². The number of dihydropyridines is 1. The molecule has 0 bridgehead atoms. The van der Waals surface area contributed by atoms with Crippen molar-refractivity contribution >= 4 is 39.5 Å². The molecule has 0 aromatic heterocycles. The fourth-order valence-corrected chi connectivity index (χ4v) is 3.14. The number of benzene rings is 1. The highest BCUT2D eigenvalue weighted by Gasteiger charge is 2.14. The van der Waals surface area contributed by atoms with E-state index >= 15 is 0 Å². The van der Waals surface area contributed by atoms with Crippen LogP contribution in [0.3, 0.4) is 0 Å². The lowest BCUT2D eigenvalue weighted by molar-refractivity contribution is 0.383. The average molecular weight is 362 g/mol. The molecule has 0 spiro atoms. The third-order valence-electron chi connectivity index (χ3n) is 2.24. The topological polar surface area (TPSA) is 24.5 Å². The van der Waals surface area contributed by atoms with Crippen LogP contribution in [0.15, 0.2) is 45.6 Å². The molecule has 0 saturated heterocycles. The number of allylic oxidation sites excluding steroid dienone is 2. The van der Waals surface area contributed by atoms with Crippen molar-refractivity contribution in [3.05, 3.63) is 50.6 Å². The van der Waals surface area contributed by atoms with Gasteiger partial charge in [0.1, 0.15) is 5.75 Å². The van der Waals surface area contributed by atoms with E-state index < -0.39 is 0 Å². The Morgan fingerprint density at radius 2 is 2.21 bits per heavy atom. The third-order valence-corrected chi connectivity index (χ3v) is 3.93. The van der Waals surface area contributed by atoms with E-state index in [2.05, 4.69) is 31.6 Å². The molecule has 3 nitrogen and oxygen atoms in total. The molecule has 1 aliphatic rings. The van der Waals surface area contributed by atoms with Crippen LogP contribution in [0.1, 0.15) is 0 Å². The van der Waals surface area contributed by atoms with E-state index in [-0.39, 0.29) is 0 Å². The van der Waals surface area contributed by atoms with E-state index in [1.165, 1.54) is 4.91 Å². The molecule has 1 aliphatic heterocycles. The van der Waals surface area contributed by atoms with Crippen molar-refractivity contribution in [2.24, 2.45) is 0 Å². The molecule has 6 heteroatoms. The summed E-state index contributed by atoms with van der Waals surface area (Å²) in [5.41, 5.74) is 0. The number of ether oxygens (including phenoxy) is 1. The maximum atomic E-state index is 5.93. The first-order valence-corrected chi connectivity index (χ1v) is 7.62. The molecular weight excluding hydrogens is 348 g/mol. The van der Waals surface area contributed by atoms with Gasteiger partial charge in [0, 0.05) is 9.93 Å². The summed E-state index contributed by atoms with van der Waals surface area (Å²) >= 11 is 11.1. The molecule has 1 aromatic rings. The molecule has 0 aliphatic carbocycles. The predicted molar refractivity (Wildman–Crippen MR) is 85.4 cm³/mol. The van der Waals surface area contributed by atoms with Gasteiger partial charge < -0.3 is 10.1 Å². The molecule has 0 radical (unpaired) electrons. The quantitative estimate of drug-likeness (QED) is 0.820. The van der Waals surface area contributed by atoms with Crippen molar-refractivity contribution in [1.29, 1.82) is 0 Å². The van der Waals surface area contributed by atoms with Gasteiger partial charge in [-0.15, -0.1) is 0 Å². The summed E-state index contributed by atoms with van der Waals surface area (Å²) in [6, 6.07) is 7.33. The molecule has 2 rings (SSSR count). The Kier molecular flexibility index (Phi) is 5.21. The van der Waals surface area contributed by atoms with Gasteiger partial charge in [0.2, 0.25) is 5.88 Å². The molecule has 0 fully saturated rings. The normalized spacial score (nSPS) is 15.3. The van der Waals surface area contributed by atoms with E-state index in [1.807, 2.05) is 32.3 Å². The SMILES string of the molecule is CN(C)SC1=CC(Br)=C(Oc2cccc(Cl)c2)NC1. The number of halogens is 2. The van der Waals surface area contributed by atoms with Crippen molar-refractivity contribution < 1.29 is 4.74 Å². The number of nitrogens with one attached hydrogen (secondary N) is 1. The molecule has 1 N–H and O–H groups in total. The molecule has 0 unspecified atom stereocenters. The minimum absolute atomic E-state index is 0.657. The lowest BCUT2D eigenvalue weighted by Crippen LogP contribution is -2.24. The standard InChI is InChI=1S/C13H14BrClN2OS/c1-17(2)19-11-7-12(14)13(16-8-11)18-10-5-3-4-9(15)6-10/h3-7,16H,8H2,1-2H3. The molecule has 102 valence electrons. The van der Waals surface area contributed by atoms with Crippen LogP contribution < -0.4 is 10.1 Å². The van der Waals surface area contributed by atoms with Gasteiger partial charge in [-0.2, -0.15) is 0 Å². The van der Waals surface area contributed by atoms with E-state index in [0.717, 1.165) is 11.0 Å². The van der Waals surface area contributed by atoms with Gasteiger partial charge >= 0.3 is 0 Å². The summed E-state index contributed by atoms with van der Waals surface area (Å²) < 4.78 is 8.72. The van der Waals surface area contributed by atoms with Crippen LogP contribution in [-0.2, 0) is 0 Å². The number of nitrogens with zero attached hydrogens (tertiary/aromatic N) is 1. The summed E-state index contributed by atoms with van der Waals surface area (Å²) in [5.74, 6) is 1.41. The molecular formula is C13H14BrClN2OS. The second-order valence-corrected chi connectivity index (χ2v) is 6.83. The summed E-state index contributed by atoms with van der Waals surface area (Å²) in [6.45, 7) is 0.744. The lowest BCUT2D eigenvalue weighted by atomic mass is 10.3. The second-order valence-electron chi connectivity index (χ2n) is 4.10. The maximum absolute atomic E-state index is 5.93. The van der Waals surface area contributed by atoms with Crippen LogP contribution in [0.2, 0.25) is 5.02 Å². The Hall–Kier alpha value is -0.620. The Morgan fingerprint density at radius 1 is 1.42 bits per heavy atom. The van der Waals surface area contributed by atoms with E-state index in [0.29, 0.717) is 16.7 Å². The van der Waals surface area contributed by atoms with Gasteiger partial charge in [0.25, 0.3) is 0 Å². The van der Waals surface area contributed by atoms with Crippen molar-refractivity contribution in [2.45, 2.75) is 0 Å². The first-order valence-electron chi connectivity index (χ1n) is 5.67. The van der Waals surface area contributed by atoms with E-state index in [1.54, 1.807) is 18.0 Å². The number of hydrogen-bond acceptors (Lipinski definition) is 4. The van der Waals surface area contributed by atoms with Crippen molar-refractivity contribution in [1.82, 2.24) is 9.62 Å². The number of hydrogen-bond donors (Lipinski definition) is 1. The molecule has 19 heavy (non-hydrogen) atoms. The van der Waals surface area contributed by atoms with E-state index in [4.69, 9.17) is 16.3 Å². The zero-order valence-electron chi connectivity index (χ0n) is 10.6. The summed E-state index contributed by atoms with van der Waals surface area (Å²) in [7, 11) is 4.03. The summed E-state index contributed by atoms with van der Waals surface area (Å²) in [5, 5.41) is 3.90. The first kappa shape index (κ1) is 14.8. The van der Waals surface area contributed by atoms with Crippen molar-refractivity contribution in [2.75, 3.05) is 20.6 Å². The summed E-state index contributed by atoms with van der Waals surface area (Å²) in [6.07, 6.45) is 2.06. The van der Waals surface area contributed by atoms with E-state index in [9.17, 15) is 0 Å². The highest BCUT2D eigenvalue weighted by molar-refractivity contribution is 9.11. The smallest absolute Gasteiger partial charge is 0.208 e. The Balaban J connectivity index is 2.11. The van der Waals surface area contributed by atoms with Gasteiger partial charge in [-0.1, -0.05) is 17.7 Å². The average Bonchev–Trinajstić information content (AvgIpc) is 2.32. The lowest BCUT2D eigenvalue weighted by Gasteiger charge is -2.21. The third kappa shape index (κ3) is 4.45. The molecule has 0 saturated carbocycles. The predicted octanol–water partition coefficient (Wildman–Crippen LogP) is 3.98. The molecule has 1 aromatic carbocycles. The van der Waals surface area contributed by atoms with Gasteiger partial charge in [0.05, 0.1) is 11.0 Å². The van der Waals surface area contributed by atoms with Crippen LogP contribution in [0.4, 0.5) is 0 Å². The Morgan fingerprint density at radius 3 is 2.84 bits per heavy atom. The zero-order chi connectivity index (χ0) is 13.8. The maximum Gasteiger partial charge on any atom is 0.208 e. The first-order chi connectivity index (χ1) is 9.04. The second kappa shape index (κ2) is 6.70. The molecule has 0 amide bonds. The van der Waals surface area contributed by atoms with Crippen LogP contribution in [0, 0.1) is 0 Å². The van der Waals surface area contributed by atoms with Crippen LogP contribution in [0.5, 0.6) is 5.75 Å². The van der Waals surface area contributed by atoms with Crippen LogP contribution in [-0.4, -0.2) is 24.9 Å². The summed E-state index contributed by atoms with van der Waals surface area (Å²) in [4.78, 5) is 1.22. The van der Waals surface area contributed by atoms with Gasteiger partial charge in [-0.25, -0.2) is 0 Å². The largest absolute Gasteiger partial charge is 0.440 e. The Labute approximate surface area is 130 Å². The van der Waals surface area contributed by atoms with Gasteiger partial charge in [-0.3, -0.25) is 4.31 Å². The van der Waals surface area contributed by atoms with Crippen LogP contribution in [0.25, 0.3) is 0 Å².